The van der Waals surface area contributed by atoms with Crippen LogP contribution < -0.4 is 5.32 Å². The molecule has 0 bridgehead atoms. The summed E-state index contributed by atoms with van der Waals surface area (Å²) in [6, 6.07) is 12.4. The van der Waals surface area contributed by atoms with Gasteiger partial charge in [-0.15, -0.1) is 6.58 Å². The van der Waals surface area contributed by atoms with Gasteiger partial charge in [-0.05, 0) is 42.5 Å². The highest BCUT2D eigenvalue weighted by Crippen LogP contribution is 2.32. The number of thioether (sulfide) groups is 1. The molecule has 2 aromatic rings. The molecule has 0 radical (unpaired) electrons. The number of carbonyl (C=O) groups excluding carboxylic acids is 2. The lowest BCUT2D eigenvalue weighted by atomic mass is 10.2. The Morgan fingerprint density at radius 1 is 1.32 bits per heavy atom. The largest absolute Gasteiger partial charge is 0.326 e. The molecule has 28 heavy (non-hydrogen) atoms. The van der Waals surface area contributed by atoms with Gasteiger partial charge in [-0.3, -0.25) is 14.5 Å². The zero-order valence-corrected chi connectivity index (χ0v) is 16.3. The van der Waals surface area contributed by atoms with Crippen molar-refractivity contribution < 1.29 is 14.0 Å². The van der Waals surface area contributed by atoms with E-state index in [9.17, 15) is 14.0 Å². The summed E-state index contributed by atoms with van der Waals surface area (Å²) in [7, 11) is 0. The zero-order valence-electron chi connectivity index (χ0n) is 14.8. The van der Waals surface area contributed by atoms with Gasteiger partial charge in [0.2, 0.25) is 11.8 Å². The second-order valence-electron chi connectivity index (χ2n) is 5.98. The lowest BCUT2D eigenvalue weighted by Gasteiger charge is -2.13. The van der Waals surface area contributed by atoms with Gasteiger partial charge in [-0.25, -0.2) is 9.38 Å². The van der Waals surface area contributed by atoms with Gasteiger partial charge in [0.05, 0.1) is 5.69 Å². The van der Waals surface area contributed by atoms with E-state index in [1.807, 2.05) is 0 Å². The normalized spacial score (nSPS) is 17.8. The molecule has 1 unspecified atom stereocenters. The monoisotopic (exact) mass is 417 g/mol. The molecule has 0 aromatic heterocycles. The molecule has 0 aliphatic carbocycles. The van der Waals surface area contributed by atoms with Gasteiger partial charge in [-0.2, -0.15) is 0 Å². The van der Waals surface area contributed by atoms with Crippen molar-refractivity contribution in [3.05, 3.63) is 72.0 Å². The summed E-state index contributed by atoms with van der Waals surface area (Å²) in [6.07, 6.45) is 1.58. The number of anilines is 1. The maximum atomic E-state index is 13.0. The van der Waals surface area contributed by atoms with Gasteiger partial charge in [0, 0.05) is 23.7 Å². The number of rotatable bonds is 6. The summed E-state index contributed by atoms with van der Waals surface area (Å²) in [5.74, 6) is -0.929. The van der Waals surface area contributed by atoms with E-state index in [4.69, 9.17) is 11.6 Å². The highest BCUT2D eigenvalue weighted by Gasteiger charge is 2.38. The summed E-state index contributed by atoms with van der Waals surface area (Å²) in [5, 5.41) is 3.11. The Balaban J connectivity index is 1.73. The first-order valence-corrected chi connectivity index (χ1v) is 9.70. The van der Waals surface area contributed by atoms with E-state index < -0.39 is 5.25 Å². The molecule has 1 aliphatic heterocycles. The molecule has 1 saturated heterocycles. The molecule has 0 saturated carbocycles. The van der Waals surface area contributed by atoms with E-state index in [1.165, 1.54) is 40.9 Å². The van der Waals surface area contributed by atoms with Crippen molar-refractivity contribution in [1.29, 1.82) is 0 Å². The number of amides is 2. The Bertz CT molecular complexity index is 933. The van der Waals surface area contributed by atoms with Crippen molar-refractivity contribution in [3.8, 4) is 0 Å². The minimum absolute atomic E-state index is 0.0247. The van der Waals surface area contributed by atoms with Crippen molar-refractivity contribution >= 4 is 51.7 Å². The van der Waals surface area contributed by atoms with Gasteiger partial charge < -0.3 is 5.32 Å². The summed E-state index contributed by atoms with van der Waals surface area (Å²) in [5.41, 5.74) is 1.09. The van der Waals surface area contributed by atoms with Crippen LogP contribution in [0.4, 0.5) is 15.8 Å². The molecule has 0 spiro atoms. The standard InChI is InChI=1S/C20H17ClFN3O2S/c1-2-10-25-19(27)17(12-18(26)23-15-8-6-14(22)7-9-15)28-20(25)24-16-5-3-4-13(21)11-16/h2-9,11,17H,1,10,12H2,(H,23,26). The van der Waals surface area contributed by atoms with Gasteiger partial charge in [0.25, 0.3) is 0 Å². The van der Waals surface area contributed by atoms with Crippen LogP contribution in [0.3, 0.4) is 0 Å². The number of hydrogen-bond acceptors (Lipinski definition) is 4. The highest BCUT2D eigenvalue weighted by molar-refractivity contribution is 8.15. The van der Waals surface area contributed by atoms with Crippen LogP contribution in [0.25, 0.3) is 0 Å². The molecule has 1 fully saturated rings. The van der Waals surface area contributed by atoms with Crippen LogP contribution in [0, 0.1) is 5.82 Å². The topological polar surface area (TPSA) is 61.8 Å². The highest BCUT2D eigenvalue weighted by atomic mass is 35.5. The average Bonchev–Trinajstić information content (AvgIpc) is 2.93. The average molecular weight is 418 g/mol. The Kier molecular flexibility index (Phi) is 6.49. The number of benzene rings is 2. The Labute approximate surface area is 171 Å². The summed E-state index contributed by atoms with van der Waals surface area (Å²) >= 11 is 7.22. The fraction of sp³-hybridized carbons (Fsp3) is 0.150. The third kappa shape index (κ3) is 4.99. The van der Waals surface area contributed by atoms with E-state index in [0.29, 0.717) is 28.1 Å². The quantitative estimate of drug-likeness (QED) is 0.697. The molecular weight excluding hydrogens is 401 g/mol. The first-order chi connectivity index (χ1) is 13.5. The summed E-state index contributed by atoms with van der Waals surface area (Å²) in [6.45, 7) is 3.97. The van der Waals surface area contributed by atoms with Crippen LogP contribution in [0.1, 0.15) is 6.42 Å². The van der Waals surface area contributed by atoms with E-state index in [0.717, 1.165) is 0 Å². The molecule has 144 valence electrons. The predicted molar refractivity (Wildman–Crippen MR) is 111 cm³/mol. The SMILES string of the molecule is C=CCN1C(=O)C(CC(=O)Nc2ccc(F)cc2)SC1=Nc1cccc(Cl)c1. The number of amidine groups is 1. The first-order valence-electron chi connectivity index (χ1n) is 8.45. The second-order valence-corrected chi connectivity index (χ2v) is 7.58. The lowest BCUT2D eigenvalue weighted by Crippen LogP contribution is -2.33. The molecular formula is C20H17ClFN3O2S. The van der Waals surface area contributed by atoms with E-state index in [-0.39, 0.29) is 24.1 Å². The number of nitrogens with one attached hydrogen (secondary N) is 1. The lowest BCUT2D eigenvalue weighted by molar-refractivity contribution is -0.127. The first kappa shape index (κ1) is 20.1. The number of nitrogens with zero attached hydrogens (tertiary/aromatic N) is 2. The van der Waals surface area contributed by atoms with E-state index in [1.54, 1.807) is 30.3 Å². The van der Waals surface area contributed by atoms with E-state index in [2.05, 4.69) is 16.9 Å². The van der Waals surface area contributed by atoms with Crippen LogP contribution in [-0.4, -0.2) is 33.7 Å². The van der Waals surface area contributed by atoms with Gasteiger partial charge in [0.15, 0.2) is 5.17 Å². The van der Waals surface area contributed by atoms with Crippen LogP contribution in [0.2, 0.25) is 5.02 Å². The molecule has 5 nitrogen and oxygen atoms in total. The molecule has 1 heterocycles. The van der Waals surface area contributed by atoms with Crippen molar-refractivity contribution in [2.75, 3.05) is 11.9 Å². The van der Waals surface area contributed by atoms with Crippen molar-refractivity contribution in [3.63, 3.8) is 0 Å². The molecule has 8 heteroatoms. The van der Waals surface area contributed by atoms with Crippen LogP contribution >= 0.6 is 23.4 Å². The van der Waals surface area contributed by atoms with Gasteiger partial charge >= 0.3 is 0 Å². The molecule has 1 N–H and O–H groups in total. The van der Waals surface area contributed by atoms with E-state index >= 15 is 0 Å². The number of carbonyl (C=O) groups is 2. The third-order valence-electron chi connectivity index (χ3n) is 3.86. The third-order valence-corrected chi connectivity index (χ3v) is 5.27. The zero-order chi connectivity index (χ0) is 20.1. The molecule has 2 aromatic carbocycles. The number of hydrogen-bond donors (Lipinski definition) is 1. The summed E-state index contributed by atoms with van der Waals surface area (Å²) < 4.78 is 13.0. The second kappa shape index (κ2) is 9.03. The number of halogens is 2. The maximum Gasteiger partial charge on any atom is 0.242 e. The molecule has 1 atom stereocenters. The van der Waals surface area contributed by atoms with Gasteiger partial charge in [0.1, 0.15) is 11.1 Å². The van der Waals surface area contributed by atoms with Crippen molar-refractivity contribution in [2.45, 2.75) is 11.7 Å². The Hall–Kier alpha value is -2.64. The van der Waals surface area contributed by atoms with Crippen molar-refractivity contribution in [2.24, 2.45) is 4.99 Å². The van der Waals surface area contributed by atoms with Crippen molar-refractivity contribution in [1.82, 2.24) is 4.90 Å². The minimum atomic E-state index is -0.599. The molecule has 3 rings (SSSR count). The fourth-order valence-electron chi connectivity index (χ4n) is 2.59. The Morgan fingerprint density at radius 3 is 2.75 bits per heavy atom. The van der Waals surface area contributed by atoms with Gasteiger partial charge in [-0.1, -0.05) is 35.5 Å². The fourth-order valence-corrected chi connectivity index (χ4v) is 3.94. The van der Waals surface area contributed by atoms with Crippen LogP contribution in [0.15, 0.2) is 66.2 Å². The molecule has 2 amide bonds. The number of aliphatic imine (C=N–C) groups is 1. The van der Waals surface area contributed by atoms with Crippen LogP contribution in [0.5, 0.6) is 0 Å². The van der Waals surface area contributed by atoms with Crippen LogP contribution in [-0.2, 0) is 9.59 Å². The minimum Gasteiger partial charge on any atom is -0.326 e. The predicted octanol–water partition coefficient (Wildman–Crippen LogP) is 4.63. The molecule has 1 aliphatic rings. The smallest absolute Gasteiger partial charge is 0.242 e. The maximum absolute atomic E-state index is 13.0. The summed E-state index contributed by atoms with van der Waals surface area (Å²) in [4.78, 5) is 31.0. The Morgan fingerprint density at radius 2 is 2.07 bits per heavy atom.